The Morgan fingerprint density at radius 1 is 1.17 bits per heavy atom. The van der Waals surface area contributed by atoms with E-state index >= 15 is 0 Å². The molecule has 2 fully saturated rings. The second kappa shape index (κ2) is 8.02. The van der Waals surface area contributed by atoms with Crippen molar-refractivity contribution in [2.45, 2.75) is 12.6 Å². The molecule has 0 radical (unpaired) electrons. The number of fused-ring (bicyclic) bond motifs is 2. The van der Waals surface area contributed by atoms with Gasteiger partial charge in [-0.15, -0.1) is 12.4 Å². The lowest BCUT2D eigenvalue weighted by molar-refractivity contribution is 0.222. The lowest BCUT2D eigenvalue weighted by Gasteiger charge is -2.26. The SMILES string of the molecule is COc1ccc([C@H]2[C@@H]3CN(Cc4nc5c(cnn5C)c(=O)[nH]4)C[C@@H]3CN2C)cc1.Cl. The van der Waals surface area contributed by atoms with E-state index in [-0.39, 0.29) is 18.0 Å². The molecule has 0 amide bonds. The van der Waals surface area contributed by atoms with Crippen LogP contribution in [0.2, 0.25) is 0 Å². The quantitative estimate of drug-likeness (QED) is 0.680. The van der Waals surface area contributed by atoms with Crippen LogP contribution in [-0.4, -0.2) is 63.3 Å². The molecule has 0 bridgehead atoms. The third-order valence-corrected chi connectivity index (χ3v) is 6.45. The molecule has 1 N–H and O–H groups in total. The molecule has 0 saturated carbocycles. The third kappa shape index (κ3) is 3.49. The molecule has 0 unspecified atom stereocenters. The molecule has 0 aliphatic carbocycles. The average Bonchev–Trinajstić information content (AvgIpc) is 3.35. The number of methoxy groups -OCH3 is 1. The van der Waals surface area contributed by atoms with Crippen LogP contribution in [0.1, 0.15) is 17.4 Å². The molecule has 2 aliphatic rings. The van der Waals surface area contributed by atoms with Crippen LogP contribution in [-0.2, 0) is 13.6 Å². The molecule has 1 aromatic carbocycles. The van der Waals surface area contributed by atoms with E-state index in [9.17, 15) is 4.79 Å². The van der Waals surface area contributed by atoms with E-state index in [2.05, 4.69) is 44.0 Å². The predicted octanol–water partition coefficient (Wildman–Crippen LogP) is 1.82. The van der Waals surface area contributed by atoms with Gasteiger partial charge in [-0.1, -0.05) is 12.1 Å². The largest absolute Gasteiger partial charge is 0.497 e. The summed E-state index contributed by atoms with van der Waals surface area (Å²) in [5, 5.41) is 4.68. The Morgan fingerprint density at radius 2 is 1.93 bits per heavy atom. The van der Waals surface area contributed by atoms with E-state index in [1.54, 1.807) is 18.0 Å². The van der Waals surface area contributed by atoms with Crippen molar-refractivity contribution in [3.63, 3.8) is 0 Å². The molecule has 4 heterocycles. The molecular weight excluding hydrogens is 404 g/mol. The lowest BCUT2D eigenvalue weighted by Crippen LogP contribution is -2.30. The number of rotatable bonds is 4. The van der Waals surface area contributed by atoms with Gasteiger partial charge >= 0.3 is 0 Å². The minimum absolute atomic E-state index is 0. The van der Waals surface area contributed by atoms with Gasteiger partial charge in [-0.05, 0) is 36.6 Å². The van der Waals surface area contributed by atoms with E-state index in [0.717, 1.165) is 25.4 Å². The van der Waals surface area contributed by atoms with Crippen molar-refractivity contribution in [3.05, 3.63) is 52.2 Å². The van der Waals surface area contributed by atoms with Gasteiger partial charge in [-0.3, -0.25) is 19.3 Å². The van der Waals surface area contributed by atoms with Gasteiger partial charge in [0.1, 0.15) is 17.0 Å². The second-order valence-electron chi connectivity index (χ2n) is 8.29. The van der Waals surface area contributed by atoms with Gasteiger partial charge in [0.05, 0.1) is 19.9 Å². The number of ether oxygens (including phenoxy) is 1. The maximum Gasteiger partial charge on any atom is 0.262 e. The summed E-state index contributed by atoms with van der Waals surface area (Å²) >= 11 is 0. The molecule has 3 atom stereocenters. The normalized spacial score (nSPS) is 24.2. The Balaban J connectivity index is 0.00000218. The van der Waals surface area contributed by atoms with Crippen LogP contribution in [0, 0.1) is 11.8 Å². The van der Waals surface area contributed by atoms with Gasteiger partial charge in [0.2, 0.25) is 0 Å². The number of likely N-dealkylation sites (tertiary alicyclic amines) is 2. The van der Waals surface area contributed by atoms with Gasteiger partial charge in [0, 0.05) is 32.7 Å². The van der Waals surface area contributed by atoms with Crippen molar-refractivity contribution >= 4 is 23.4 Å². The van der Waals surface area contributed by atoms with Crippen molar-refractivity contribution in [3.8, 4) is 5.75 Å². The molecule has 3 aromatic rings. The number of hydrogen-bond donors (Lipinski definition) is 1. The van der Waals surface area contributed by atoms with Crippen molar-refractivity contribution in [2.24, 2.45) is 18.9 Å². The molecule has 0 spiro atoms. The first-order valence-corrected chi connectivity index (χ1v) is 10.0. The fourth-order valence-electron chi connectivity index (χ4n) is 5.15. The molecule has 30 heavy (non-hydrogen) atoms. The minimum Gasteiger partial charge on any atom is -0.497 e. The molecule has 8 nitrogen and oxygen atoms in total. The number of aromatic nitrogens is 4. The maximum atomic E-state index is 12.3. The highest BCUT2D eigenvalue weighted by Crippen LogP contribution is 2.44. The number of nitrogens with one attached hydrogen (secondary N) is 1. The van der Waals surface area contributed by atoms with E-state index in [0.29, 0.717) is 41.3 Å². The first-order valence-electron chi connectivity index (χ1n) is 10.0. The molecule has 2 aliphatic heterocycles. The van der Waals surface area contributed by atoms with Crippen LogP contribution < -0.4 is 10.3 Å². The Kier molecular flexibility index (Phi) is 5.57. The highest BCUT2D eigenvalue weighted by Gasteiger charge is 2.46. The summed E-state index contributed by atoms with van der Waals surface area (Å²) in [5.74, 6) is 2.79. The maximum absolute atomic E-state index is 12.3. The summed E-state index contributed by atoms with van der Waals surface area (Å²) in [5.41, 5.74) is 1.86. The Bertz CT molecular complexity index is 1100. The first kappa shape index (κ1) is 20.8. The van der Waals surface area contributed by atoms with Crippen molar-refractivity contribution in [1.82, 2.24) is 29.5 Å². The standard InChI is InChI=1S/C21H26N6O2.ClH/c1-25-9-14-10-27(11-17(14)19(25)13-4-6-15(29-3)7-5-13)12-18-23-20-16(21(28)24-18)8-22-26(20)2;/h4-8,14,17,19H,9-12H2,1-3H3,(H,23,24,28);1H/t14-,17+,19-;/m0./s1. The predicted molar refractivity (Wildman–Crippen MR) is 117 cm³/mol. The number of benzene rings is 1. The summed E-state index contributed by atoms with van der Waals surface area (Å²) in [6.07, 6.45) is 1.57. The van der Waals surface area contributed by atoms with Gasteiger partial charge in [0.25, 0.3) is 5.56 Å². The molecule has 5 rings (SSSR count). The van der Waals surface area contributed by atoms with Crippen molar-refractivity contribution in [2.75, 3.05) is 33.8 Å². The van der Waals surface area contributed by atoms with Crippen molar-refractivity contribution in [1.29, 1.82) is 0 Å². The van der Waals surface area contributed by atoms with Crippen LogP contribution in [0.5, 0.6) is 5.75 Å². The van der Waals surface area contributed by atoms with Gasteiger partial charge < -0.3 is 9.72 Å². The van der Waals surface area contributed by atoms with Crippen molar-refractivity contribution < 1.29 is 4.74 Å². The minimum atomic E-state index is -0.117. The Morgan fingerprint density at radius 3 is 2.67 bits per heavy atom. The highest BCUT2D eigenvalue weighted by atomic mass is 35.5. The summed E-state index contributed by atoms with van der Waals surface area (Å²) in [6, 6.07) is 8.85. The number of hydrogen-bond acceptors (Lipinski definition) is 6. The fraction of sp³-hybridized carbons (Fsp3) is 0.476. The number of aryl methyl sites for hydroxylation is 1. The van der Waals surface area contributed by atoms with Gasteiger partial charge in [-0.2, -0.15) is 5.10 Å². The zero-order valence-electron chi connectivity index (χ0n) is 17.4. The summed E-state index contributed by atoms with van der Waals surface area (Å²) < 4.78 is 6.96. The number of aromatic amines is 1. The van der Waals surface area contributed by atoms with Crippen LogP contribution in [0.15, 0.2) is 35.3 Å². The zero-order valence-corrected chi connectivity index (χ0v) is 18.2. The van der Waals surface area contributed by atoms with Crippen LogP contribution >= 0.6 is 12.4 Å². The Labute approximate surface area is 181 Å². The molecular formula is C21H27ClN6O2. The topological polar surface area (TPSA) is 79.3 Å². The van der Waals surface area contributed by atoms with E-state index in [4.69, 9.17) is 4.74 Å². The Hall–Kier alpha value is -2.42. The smallest absolute Gasteiger partial charge is 0.262 e. The highest BCUT2D eigenvalue weighted by molar-refractivity contribution is 5.85. The molecule has 2 aromatic heterocycles. The summed E-state index contributed by atoms with van der Waals surface area (Å²) in [6.45, 7) is 3.76. The summed E-state index contributed by atoms with van der Waals surface area (Å²) in [7, 11) is 5.73. The van der Waals surface area contributed by atoms with Crippen LogP contribution in [0.4, 0.5) is 0 Å². The number of halogens is 1. The third-order valence-electron chi connectivity index (χ3n) is 6.45. The second-order valence-corrected chi connectivity index (χ2v) is 8.29. The molecule has 9 heteroatoms. The van der Waals surface area contributed by atoms with E-state index in [1.807, 2.05) is 19.2 Å². The van der Waals surface area contributed by atoms with Gasteiger partial charge in [-0.25, -0.2) is 4.98 Å². The average molecular weight is 431 g/mol. The number of nitrogens with zero attached hydrogens (tertiary/aromatic N) is 5. The fourth-order valence-corrected chi connectivity index (χ4v) is 5.15. The monoisotopic (exact) mass is 430 g/mol. The van der Waals surface area contributed by atoms with E-state index < -0.39 is 0 Å². The number of H-pyrrole nitrogens is 1. The van der Waals surface area contributed by atoms with Crippen LogP contribution in [0.3, 0.4) is 0 Å². The lowest BCUT2D eigenvalue weighted by atomic mass is 9.89. The van der Waals surface area contributed by atoms with Crippen LogP contribution in [0.25, 0.3) is 11.0 Å². The molecule has 2 saturated heterocycles. The first-order chi connectivity index (χ1) is 14.0. The van der Waals surface area contributed by atoms with E-state index in [1.165, 1.54) is 5.56 Å². The van der Waals surface area contributed by atoms with Gasteiger partial charge in [0.15, 0.2) is 5.65 Å². The zero-order chi connectivity index (χ0) is 20.1. The summed E-state index contributed by atoms with van der Waals surface area (Å²) in [4.78, 5) is 24.8. The molecule has 160 valence electrons.